The van der Waals surface area contributed by atoms with Crippen molar-refractivity contribution in [3.8, 4) is 0 Å². The molecular weight excluding hydrogens is 494 g/mol. The van der Waals surface area contributed by atoms with Crippen LogP contribution in [-0.2, 0) is 19.1 Å². The highest BCUT2D eigenvalue weighted by Crippen LogP contribution is 2.38. The third-order valence-corrected chi connectivity index (χ3v) is 6.58. The number of hydrogen-bond donors (Lipinski definition) is 2. The number of esters is 1. The Balaban J connectivity index is 1.85. The number of carbonyl (C=O) groups excluding carboxylic acids is 1. The molecule has 1 saturated heterocycles. The van der Waals surface area contributed by atoms with Crippen LogP contribution in [0.2, 0.25) is 5.02 Å². The van der Waals surface area contributed by atoms with E-state index in [1.165, 1.54) is 24.5 Å². The van der Waals surface area contributed by atoms with Crippen LogP contribution in [0.25, 0.3) is 0 Å². The molecule has 4 rings (SSSR count). The predicted octanol–water partition coefficient (Wildman–Crippen LogP) is 2.38. The van der Waals surface area contributed by atoms with Crippen molar-refractivity contribution in [3.63, 3.8) is 0 Å². The van der Waals surface area contributed by atoms with Crippen LogP contribution < -0.4 is 5.32 Å². The van der Waals surface area contributed by atoms with Crippen molar-refractivity contribution in [3.05, 3.63) is 62.2 Å². The van der Waals surface area contributed by atoms with Gasteiger partial charge < -0.3 is 19.9 Å². The number of carbonyl (C=O) groups is 2. The molecule has 3 heterocycles. The van der Waals surface area contributed by atoms with Gasteiger partial charge in [-0.2, -0.15) is 0 Å². The molecule has 0 radical (unpaired) electrons. The van der Waals surface area contributed by atoms with Gasteiger partial charge in [0, 0.05) is 35.9 Å². The Morgan fingerprint density at radius 2 is 2.21 bits per heavy atom. The maximum absolute atomic E-state index is 14.3. The second-order valence-corrected chi connectivity index (χ2v) is 8.66. The van der Waals surface area contributed by atoms with E-state index >= 15 is 0 Å². The van der Waals surface area contributed by atoms with Crippen LogP contribution in [0.4, 0.5) is 8.78 Å². The summed E-state index contributed by atoms with van der Waals surface area (Å²) >= 11 is 7.39. The number of carboxylic acid groups (broad SMARTS) is 1. The largest absolute Gasteiger partial charge is 0.480 e. The number of thiazole rings is 1. The molecule has 9 nitrogen and oxygen atoms in total. The third kappa shape index (κ3) is 4.67. The number of halogens is 3. The first-order valence-electron chi connectivity index (χ1n) is 10.1. The van der Waals surface area contributed by atoms with Gasteiger partial charge in [0.1, 0.15) is 12.1 Å². The van der Waals surface area contributed by atoms with Gasteiger partial charge in [0.05, 0.1) is 30.9 Å². The summed E-state index contributed by atoms with van der Waals surface area (Å²) in [6, 6.07) is 0.0346. The lowest BCUT2D eigenvalue weighted by Crippen LogP contribution is -2.52. The number of methoxy groups -OCH3 is 1. The van der Waals surface area contributed by atoms with Crippen LogP contribution in [0.5, 0.6) is 0 Å². The summed E-state index contributed by atoms with van der Waals surface area (Å²) in [6.45, 7) is 0.558. The van der Waals surface area contributed by atoms with Crippen LogP contribution >= 0.6 is 22.9 Å². The highest BCUT2D eigenvalue weighted by Gasteiger charge is 2.37. The first-order valence-corrected chi connectivity index (χ1v) is 11.3. The number of carboxylic acids is 1. The lowest BCUT2D eigenvalue weighted by Gasteiger charge is -2.35. The zero-order chi connectivity index (χ0) is 24.4. The number of nitrogens with one attached hydrogen (secondary N) is 1. The van der Waals surface area contributed by atoms with E-state index in [0.29, 0.717) is 11.6 Å². The number of benzene rings is 1. The van der Waals surface area contributed by atoms with Gasteiger partial charge in [0.15, 0.2) is 22.5 Å². The quantitative estimate of drug-likeness (QED) is 0.448. The number of hydrogen-bond acceptors (Lipinski definition) is 9. The summed E-state index contributed by atoms with van der Waals surface area (Å²) in [5.74, 6) is -4.01. The van der Waals surface area contributed by atoms with Gasteiger partial charge in [-0.3, -0.25) is 14.7 Å². The smallest absolute Gasteiger partial charge is 0.338 e. The minimum atomic E-state index is -1.27. The molecular formula is C21H19ClF2N4O5S. The van der Waals surface area contributed by atoms with Gasteiger partial charge in [-0.05, 0) is 6.07 Å². The summed E-state index contributed by atoms with van der Waals surface area (Å²) in [6.07, 6.45) is 1.56. The second-order valence-electron chi connectivity index (χ2n) is 7.39. The number of amidine groups is 1. The molecule has 1 aromatic carbocycles. The first-order chi connectivity index (χ1) is 16.3. The number of morpholine rings is 1. The molecule has 2 aromatic rings. The monoisotopic (exact) mass is 512 g/mol. The van der Waals surface area contributed by atoms with Gasteiger partial charge in [0.25, 0.3) is 0 Å². The van der Waals surface area contributed by atoms with Crippen LogP contribution in [0.3, 0.4) is 0 Å². The van der Waals surface area contributed by atoms with E-state index in [9.17, 15) is 23.5 Å². The molecule has 0 spiro atoms. The zero-order valence-electron chi connectivity index (χ0n) is 17.8. The van der Waals surface area contributed by atoms with E-state index in [0.717, 1.165) is 6.07 Å². The lowest BCUT2D eigenvalue weighted by molar-refractivity contribution is -0.149. The highest BCUT2D eigenvalue weighted by atomic mass is 35.5. The second kappa shape index (κ2) is 10.1. The minimum Gasteiger partial charge on any atom is -0.480 e. The zero-order valence-corrected chi connectivity index (χ0v) is 19.3. The lowest BCUT2D eigenvalue weighted by atomic mass is 9.94. The molecule has 180 valence electrons. The third-order valence-electron chi connectivity index (χ3n) is 5.41. The van der Waals surface area contributed by atoms with Gasteiger partial charge in [0.2, 0.25) is 0 Å². The summed E-state index contributed by atoms with van der Waals surface area (Å²) < 4.78 is 38.4. The van der Waals surface area contributed by atoms with E-state index in [1.807, 2.05) is 0 Å². The van der Waals surface area contributed by atoms with Crippen LogP contribution in [0, 0.1) is 11.6 Å². The van der Waals surface area contributed by atoms with Gasteiger partial charge in [-0.1, -0.05) is 17.7 Å². The Morgan fingerprint density at radius 3 is 2.88 bits per heavy atom. The Labute approximate surface area is 201 Å². The fourth-order valence-corrected chi connectivity index (χ4v) is 4.60. The summed E-state index contributed by atoms with van der Waals surface area (Å²) in [5.41, 5.74) is 0.322. The molecule has 0 bridgehead atoms. The van der Waals surface area contributed by atoms with Crippen molar-refractivity contribution in [1.82, 2.24) is 15.2 Å². The Kier molecular flexibility index (Phi) is 7.22. The molecule has 2 N–H and O–H groups in total. The van der Waals surface area contributed by atoms with Gasteiger partial charge in [-0.15, -0.1) is 11.3 Å². The number of aromatic nitrogens is 1. The fourth-order valence-electron chi connectivity index (χ4n) is 3.75. The summed E-state index contributed by atoms with van der Waals surface area (Å²) in [7, 11) is 1.17. The van der Waals surface area contributed by atoms with Crippen LogP contribution in [0.15, 0.2) is 40.0 Å². The predicted molar refractivity (Wildman–Crippen MR) is 119 cm³/mol. The van der Waals surface area contributed by atoms with Crippen molar-refractivity contribution in [1.29, 1.82) is 0 Å². The van der Waals surface area contributed by atoms with Crippen LogP contribution in [0.1, 0.15) is 16.6 Å². The van der Waals surface area contributed by atoms with Crippen molar-refractivity contribution in [2.45, 2.75) is 12.1 Å². The first kappa shape index (κ1) is 24.2. The molecule has 0 saturated carbocycles. The number of rotatable bonds is 6. The Bertz CT molecular complexity index is 1170. The highest BCUT2D eigenvalue weighted by molar-refractivity contribution is 7.11. The summed E-state index contributed by atoms with van der Waals surface area (Å²) in [5, 5.41) is 14.3. The Hall–Kier alpha value is -2.93. The van der Waals surface area contributed by atoms with E-state index < -0.39 is 40.7 Å². The van der Waals surface area contributed by atoms with E-state index in [4.69, 9.17) is 21.1 Å². The number of aliphatic imine (C=N–C) groups is 1. The molecule has 1 fully saturated rings. The van der Waals surface area contributed by atoms with Crippen molar-refractivity contribution < 1.29 is 33.0 Å². The maximum Gasteiger partial charge on any atom is 0.338 e. The number of nitrogens with zero attached hydrogens (tertiary/aromatic N) is 3. The number of aliphatic carboxylic acids is 1. The van der Waals surface area contributed by atoms with Crippen LogP contribution in [-0.4, -0.2) is 72.2 Å². The molecule has 34 heavy (non-hydrogen) atoms. The van der Waals surface area contributed by atoms with E-state index in [-0.39, 0.29) is 42.4 Å². The SMILES string of the molecule is COC(=O)C1=C(CN2CCOCC2C(=O)O)NC(c2nccs2)=NC1c1ccc(F)c(F)c1Cl. The maximum atomic E-state index is 14.3. The molecule has 0 aliphatic carbocycles. The average molecular weight is 513 g/mol. The molecule has 2 aliphatic heterocycles. The minimum absolute atomic E-state index is 0.00699. The van der Waals surface area contributed by atoms with Gasteiger partial charge >= 0.3 is 11.9 Å². The summed E-state index contributed by atoms with van der Waals surface area (Å²) in [4.78, 5) is 35.0. The van der Waals surface area contributed by atoms with Crippen molar-refractivity contribution in [2.75, 3.05) is 33.4 Å². The molecule has 0 amide bonds. The number of ether oxygens (including phenoxy) is 2. The molecule has 2 unspecified atom stereocenters. The molecule has 13 heteroatoms. The average Bonchev–Trinajstić information content (AvgIpc) is 3.37. The normalized spacial score (nSPS) is 21.1. The fraction of sp³-hybridized carbons (Fsp3) is 0.333. The Morgan fingerprint density at radius 1 is 1.41 bits per heavy atom. The standard InChI is InChI=1S/C21H19ClF2N4O5S/c1-32-21(31)14-12(8-28-5-6-33-9-13(28)20(29)30)26-18(19-25-4-7-34-19)27-17(14)10-2-3-11(23)16(24)15(10)22/h2-4,7,13,17H,5-6,8-9H2,1H3,(H,26,27)(H,29,30). The van der Waals surface area contributed by atoms with E-state index in [2.05, 4.69) is 15.3 Å². The van der Waals surface area contributed by atoms with Crippen molar-refractivity contribution in [2.24, 2.45) is 4.99 Å². The van der Waals surface area contributed by atoms with E-state index in [1.54, 1.807) is 16.5 Å². The molecule has 1 aromatic heterocycles. The topological polar surface area (TPSA) is 113 Å². The molecule has 2 atom stereocenters. The molecule has 2 aliphatic rings. The van der Waals surface area contributed by atoms with Crippen molar-refractivity contribution >= 4 is 40.7 Å². The van der Waals surface area contributed by atoms with Gasteiger partial charge in [-0.25, -0.2) is 18.6 Å².